The van der Waals surface area contributed by atoms with Crippen molar-refractivity contribution in [2.45, 2.75) is 31.0 Å². The van der Waals surface area contributed by atoms with Crippen molar-refractivity contribution in [1.82, 2.24) is 4.90 Å². The smallest absolute Gasteiger partial charge is 0.117 e. The van der Waals surface area contributed by atoms with Crippen LogP contribution < -0.4 is 0 Å². The van der Waals surface area contributed by atoms with Crippen LogP contribution in [0.15, 0.2) is 0 Å². The van der Waals surface area contributed by atoms with E-state index in [0.29, 0.717) is 18.6 Å². The highest BCUT2D eigenvalue weighted by Gasteiger charge is 2.37. The summed E-state index contributed by atoms with van der Waals surface area (Å²) in [5.74, 6) is 0. The van der Waals surface area contributed by atoms with Gasteiger partial charge in [-0.25, -0.2) is 4.39 Å². The Hall–Kier alpha value is -0.190. The molecule has 2 rings (SSSR count). The highest BCUT2D eigenvalue weighted by molar-refractivity contribution is 4.91. The number of nitrogens with zero attached hydrogens (tertiary/aromatic N) is 1. The number of fused-ring (bicyclic) bond motifs is 2. The van der Waals surface area contributed by atoms with Crippen LogP contribution >= 0.6 is 0 Å². The van der Waals surface area contributed by atoms with Crippen LogP contribution in [-0.2, 0) is 4.74 Å². The zero-order chi connectivity index (χ0) is 9.26. The SMILES string of the molecule is OC(CF)CN1C2CCC1COC2. The number of morpholine rings is 1. The Morgan fingerprint density at radius 3 is 2.54 bits per heavy atom. The third kappa shape index (κ3) is 1.85. The molecule has 0 spiro atoms. The lowest BCUT2D eigenvalue weighted by atomic mass is 10.2. The minimum atomic E-state index is -0.818. The molecule has 2 bridgehead atoms. The Kier molecular flexibility index (Phi) is 2.81. The molecule has 0 saturated carbocycles. The van der Waals surface area contributed by atoms with Gasteiger partial charge in [-0.05, 0) is 12.8 Å². The summed E-state index contributed by atoms with van der Waals surface area (Å²) in [5.41, 5.74) is 0. The quantitative estimate of drug-likeness (QED) is 0.687. The van der Waals surface area contributed by atoms with Crippen molar-refractivity contribution in [1.29, 1.82) is 0 Å². The fourth-order valence-corrected chi connectivity index (χ4v) is 2.30. The fraction of sp³-hybridized carbons (Fsp3) is 1.00. The summed E-state index contributed by atoms with van der Waals surface area (Å²) in [6.45, 7) is 1.32. The molecule has 2 aliphatic rings. The van der Waals surface area contributed by atoms with E-state index in [1.807, 2.05) is 0 Å². The molecule has 3 unspecified atom stereocenters. The summed E-state index contributed by atoms with van der Waals surface area (Å²) in [5, 5.41) is 9.22. The number of alkyl halides is 1. The summed E-state index contributed by atoms with van der Waals surface area (Å²) in [4.78, 5) is 2.20. The average molecular weight is 189 g/mol. The summed E-state index contributed by atoms with van der Waals surface area (Å²) < 4.78 is 17.5. The van der Waals surface area contributed by atoms with E-state index in [0.717, 1.165) is 26.1 Å². The minimum Gasteiger partial charge on any atom is -0.389 e. The first-order valence-electron chi connectivity index (χ1n) is 4.88. The monoisotopic (exact) mass is 189 g/mol. The molecular formula is C9H16FNO2. The highest BCUT2D eigenvalue weighted by atomic mass is 19.1. The van der Waals surface area contributed by atoms with Crippen LogP contribution in [0.25, 0.3) is 0 Å². The summed E-state index contributed by atoms with van der Waals surface area (Å²) in [6.07, 6.45) is 1.44. The lowest BCUT2D eigenvalue weighted by Crippen LogP contribution is -2.49. The molecule has 2 saturated heterocycles. The standard InChI is InChI=1S/C9H16FNO2/c10-3-9(12)4-11-7-1-2-8(11)6-13-5-7/h7-9,12H,1-6H2. The van der Waals surface area contributed by atoms with Gasteiger partial charge in [-0.3, -0.25) is 4.90 Å². The Bertz CT molecular complexity index is 163. The largest absolute Gasteiger partial charge is 0.389 e. The fourth-order valence-electron chi connectivity index (χ4n) is 2.30. The average Bonchev–Trinajstić information content (AvgIpc) is 2.41. The minimum absolute atomic E-state index is 0.417. The van der Waals surface area contributed by atoms with E-state index in [-0.39, 0.29) is 0 Å². The van der Waals surface area contributed by atoms with Crippen LogP contribution in [0.1, 0.15) is 12.8 Å². The molecule has 0 aromatic rings. The molecule has 76 valence electrons. The summed E-state index contributed by atoms with van der Waals surface area (Å²) >= 11 is 0. The third-order valence-electron chi connectivity index (χ3n) is 2.99. The van der Waals surface area contributed by atoms with Crippen molar-refractivity contribution in [3.63, 3.8) is 0 Å². The normalized spacial score (nSPS) is 36.5. The van der Waals surface area contributed by atoms with E-state index in [1.165, 1.54) is 0 Å². The van der Waals surface area contributed by atoms with E-state index in [9.17, 15) is 9.50 Å². The Morgan fingerprint density at radius 2 is 2.00 bits per heavy atom. The molecule has 2 fully saturated rings. The first kappa shape index (κ1) is 9.37. The highest BCUT2D eigenvalue weighted by Crippen LogP contribution is 2.28. The second-order valence-corrected chi connectivity index (χ2v) is 3.93. The van der Waals surface area contributed by atoms with Crippen molar-refractivity contribution in [2.75, 3.05) is 26.4 Å². The first-order valence-corrected chi connectivity index (χ1v) is 4.88. The number of rotatable bonds is 3. The second kappa shape index (κ2) is 3.90. The van der Waals surface area contributed by atoms with Gasteiger partial charge in [-0.15, -0.1) is 0 Å². The van der Waals surface area contributed by atoms with E-state index >= 15 is 0 Å². The van der Waals surface area contributed by atoms with Crippen LogP contribution in [-0.4, -0.2) is 54.6 Å². The first-order chi connectivity index (χ1) is 6.31. The van der Waals surface area contributed by atoms with Gasteiger partial charge in [-0.1, -0.05) is 0 Å². The van der Waals surface area contributed by atoms with Gasteiger partial charge in [0.15, 0.2) is 0 Å². The van der Waals surface area contributed by atoms with E-state index in [4.69, 9.17) is 4.74 Å². The molecular weight excluding hydrogens is 173 g/mol. The predicted molar refractivity (Wildman–Crippen MR) is 46.3 cm³/mol. The van der Waals surface area contributed by atoms with Crippen molar-refractivity contribution in [3.05, 3.63) is 0 Å². The van der Waals surface area contributed by atoms with Crippen molar-refractivity contribution in [3.8, 4) is 0 Å². The lowest BCUT2D eigenvalue weighted by Gasteiger charge is -2.35. The number of aliphatic hydroxyl groups excluding tert-OH is 1. The van der Waals surface area contributed by atoms with Crippen molar-refractivity contribution >= 4 is 0 Å². The molecule has 13 heavy (non-hydrogen) atoms. The molecule has 0 radical (unpaired) electrons. The van der Waals surface area contributed by atoms with Gasteiger partial charge in [0.2, 0.25) is 0 Å². The Balaban J connectivity index is 1.91. The molecule has 2 heterocycles. The Morgan fingerprint density at radius 1 is 1.38 bits per heavy atom. The molecule has 3 nitrogen and oxygen atoms in total. The molecule has 0 aromatic heterocycles. The van der Waals surface area contributed by atoms with Gasteiger partial charge >= 0.3 is 0 Å². The molecule has 3 atom stereocenters. The number of ether oxygens (including phenoxy) is 1. The molecule has 2 aliphatic heterocycles. The van der Waals surface area contributed by atoms with Gasteiger partial charge in [0, 0.05) is 18.6 Å². The number of halogens is 1. The van der Waals surface area contributed by atoms with Crippen molar-refractivity contribution in [2.24, 2.45) is 0 Å². The van der Waals surface area contributed by atoms with E-state index in [2.05, 4.69) is 4.90 Å². The summed E-state index contributed by atoms with van der Waals surface area (Å²) in [6, 6.07) is 0.833. The number of hydrogen-bond donors (Lipinski definition) is 1. The zero-order valence-corrected chi connectivity index (χ0v) is 7.66. The van der Waals surface area contributed by atoms with Gasteiger partial charge in [-0.2, -0.15) is 0 Å². The predicted octanol–water partition coefficient (Wildman–Crippen LogP) is 0.180. The maximum Gasteiger partial charge on any atom is 0.117 e. The van der Waals surface area contributed by atoms with Crippen LogP contribution in [0.5, 0.6) is 0 Å². The lowest BCUT2D eigenvalue weighted by molar-refractivity contribution is -0.0357. The van der Waals surface area contributed by atoms with Crippen molar-refractivity contribution < 1.29 is 14.2 Å². The molecule has 0 amide bonds. The van der Waals surface area contributed by atoms with Gasteiger partial charge in [0.25, 0.3) is 0 Å². The zero-order valence-electron chi connectivity index (χ0n) is 7.66. The number of aliphatic hydroxyl groups is 1. The van der Waals surface area contributed by atoms with E-state index < -0.39 is 12.8 Å². The maximum atomic E-state index is 12.1. The summed E-state index contributed by atoms with van der Waals surface area (Å²) in [7, 11) is 0. The van der Waals surface area contributed by atoms with Gasteiger partial charge < -0.3 is 9.84 Å². The molecule has 1 N–H and O–H groups in total. The maximum absolute atomic E-state index is 12.1. The molecule has 0 aliphatic carbocycles. The molecule has 0 aromatic carbocycles. The van der Waals surface area contributed by atoms with Gasteiger partial charge in [0.1, 0.15) is 6.67 Å². The van der Waals surface area contributed by atoms with E-state index in [1.54, 1.807) is 0 Å². The van der Waals surface area contributed by atoms with Crippen LogP contribution in [0.3, 0.4) is 0 Å². The molecule has 4 heteroatoms. The Labute approximate surface area is 77.5 Å². The van der Waals surface area contributed by atoms with Crippen LogP contribution in [0.2, 0.25) is 0 Å². The topological polar surface area (TPSA) is 32.7 Å². The number of hydrogen-bond acceptors (Lipinski definition) is 3. The second-order valence-electron chi connectivity index (χ2n) is 3.93. The van der Waals surface area contributed by atoms with Crippen LogP contribution in [0, 0.1) is 0 Å². The van der Waals surface area contributed by atoms with Gasteiger partial charge in [0.05, 0.1) is 19.3 Å². The van der Waals surface area contributed by atoms with Crippen LogP contribution in [0.4, 0.5) is 4.39 Å². The third-order valence-corrected chi connectivity index (χ3v) is 2.99.